The summed E-state index contributed by atoms with van der Waals surface area (Å²) < 4.78 is 32.6. The van der Waals surface area contributed by atoms with Gasteiger partial charge in [-0.3, -0.25) is 14.5 Å². The number of sulfonamides is 1. The summed E-state index contributed by atoms with van der Waals surface area (Å²) in [5.74, 6) is -0.435. The standard InChI is InChI=1S/C22H27N3O5S/c1-5-24(6-2)31(28,29)17-10-11-19-18(12-17)25(21(27)14-30-19)13-20(26)23-22-15(3)8-7-9-16(22)4/h7-12H,5-6,13-14H2,1-4H3,(H,23,26). The second kappa shape index (κ2) is 9.07. The number of para-hydroxylation sites is 1. The van der Waals surface area contributed by atoms with Crippen LogP contribution in [0.1, 0.15) is 25.0 Å². The number of aryl methyl sites for hydroxylation is 2. The predicted octanol–water partition coefficient (Wildman–Crippen LogP) is 2.70. The molecule has 0 atom stereocenters. The highest BCUT2D eigenvalue weighted by atomic mass is 32.2. The Labute approximate surface area is 182 Å². The van der Waals surface area contributed by atoms with Gasteiger partial charge in [0.25, 0.3) is 5.91 Å². The van der Waals surface area contributed by atoms with E-state index in [9.17, 15) is 18.0 Å². The Bertz CT molecular complexity index is 1090. The molecule has 0 bridgehead atoms. The van der Waals surface area contributed by atoms with Crippen LogP contribution in [0.3, 0.4) is 0 Å². The van der Waals surface area contributed by atoms with E-state index in [1.165, 1.54) is 27.4 Å². The van der Waals surface area contributed by atoms with Crippen LogP contribution in [0.2, 0.25) is 0 Å². The summed E-state index contributed by atoms with van der Waals surface area (Å²) in [7, 11) is -3.72. The van der Waals surface area contributed by atoms with Crippen LogP contribution in [0.15, 0.2) is 41.3 Å². The van der Waals surface area contributed by atoms with E-state index in [1.54, 1.807) is 13.8 Å². The van der Waals surface area contributed by atoms with E-state index >= 15 is 0 Å². The van der Waals surface area contributed by atoms with Gasteiger partial charge < -0.3 is 10.1 Å². The Morgan fingerprint density at radius 2 is 1.77 bits per heavy atom. The Kier molecular flexibility index (Phi) is 6.66. The average molecular weight is 446 g/mol. The van der Waals surface area contributed by atoms with Crippen molar-refractivity contribution in [3.05, 3.63) is 47.5 Å². The van der Waals surface area contributed by atoms with Crippen LogP contribution in [-0.2, 0) is 19.6 Å². The predicted molar refractivity (Wildman–Crippen MR) is 119 cm³/mol. The van der Waals surface area contributed by atoms with Gasteiger partial charge in [0, 0.05) is 18.8 Å². The van der Waals surface area contributed by atoms with Crippen molar-refractivity contribution < 1.29 is 22.7 Å². The topological polar surface area (TPSA) is 96.0 Å². The van der Waals surface area contributed by atoms with Crippen LogP contribution in [-0.4, -0.2) is 50.8 Å². The summed E-state index contributed by atoms with van der Waals surface area (Å²) in [5, 5.41) is 2.86. The molecule has 0 saturated heterocycles. The summed E-state index contributed by atoms with van der Waals surface area (Å²) in [4.78, 5) is 26.6. The van der Waals surface area contributed by atoms with Gasteiger partial charge in [0.2, 0.25) is 15.9 Å². The molecule has 2 amide bonds. The fraction of sp³-hybridized carbons (Fsp3) is 0.364. The van der Waals surface area contributed by atoms with Crippen molar-refractivity contribution in [2.75, 3.05) is 36.5 Å². The van der Waals surface area contributed by atoms with Gasteiger partial charge in [0.05, 0.1) is 10.6 Å². The molecule has 3 rings (SSSR count). The minimum Gasteiger partial charge on any atom is -0.482 e. The van der Waals surface area contributed by atoms with E-state index in [0.29, 0.717) is 24.5 Å². The number of rotatable bonds is 7. The first-order chi connectivity index (χ1) is 14.7. The van der Waals surface area contributed by atoms with Gasteiger partial charge >= 0.3 is 0 Å². The monoisotopic (exact) mass is 445 g/mol. The third-order valence-electron chi connectivity index (χ3n) is 5.26. The Morgan fingerprint density at radius 3 is 2.39 bits per heavy atom. The molecule has 0 unspecified atom stereocenters. The van der Waals surface area contributed by atoms with Crippen molar-refractivity contribution in [1.82, 2.24) is 4.31 Å². The molecule has 0 aliphatic carbocycles. The van der Waals surface area contributed by atoms with Gasteiger partial charge in [0.15, 0.2) is 6.61 Å². The van der Waals surface area contributed by atoms with Gasteiger partial charge in [-0.05, 0) is 43.2 Å². The highest BCUT2D eigenvalue weighted by molar-refractivity contribution is 7.89. The number of benzene rings is 2. The SMILES string of the molecule is CCN(CC)S(=O)(=O)c1ccc2c(c1)N(CC(=O)Nc1c(C)cccc1C)C(=O)CO2. The van der Waals surface area contributed by atoms with Gasteiger partial charge in [-0.25, -0.2) is 8.42 Å². The molecule has 166 valence electrons. The average Bonchev–Trinajstić information content (AvgIpc) is 2.73. The minimum absolute atomic E-state index is 0.0495. The summed E-state index contributed by atoms with van der Waals surface area (Å²) in [5.41, 5.74) is 2.79. The lowest BCUT2D eigenvalue weighted by Gasteiger charge is -2.30. The molecular formula is C22H27N3O5S. The maximum Gasteiger partial charge on any atom is 0.265 e. The van der Waals surface area contributed by atoms with E-state index in [2.05, 4.69) is 5.32 Å². The van der Waals surface area contributed by atoms with E-state index < -0.39 is 15.9 Å². The maximum atomic E-state index is 12.9. The molecule has 1 aliphatic rings. The Balaban J connectivity index is 1.91. The fourth-order valence-electron chi connectivity index (χ4n) is 3.56. The molecule has 31 heavy (non-hydrogen) atoms. The first-order valence-corrected chi connectivity index (χ1v) is 11.6. The van der Waals surface area contributed by atoms with Crippen molar-refractivity contribution >= 4 is 33.2 Å². The van der Waals surface area contributed by atoms with Crippen molar-refractivity contribution in [1.29, 1.82) is 0 Å². The zero-order chi connectivity index (χ0) is 22.8. The number of hydrogen-bond acceptors (Lipinski definition) is 5. The number of nitrogens with one attached hydrogen (secondary N) is 1. The lowest BCUT2D eigenvalue weighted by atomic mass is 10.1. The van der Waals surface area contributed by atoms with E-state index in [-0.39, 0.29) is 29.6 Å². The first kappa shape index (κ1) is 22.8. The van der Waals surface area contributed by atoms with E-state index in [0.717, 1.165) is 11.1 Å². The summed E-state index contributed by atoms with van der Waals surface area (Å²) in [6, 6.07) is 10.1. The number of amides is 2. The Hall–Kier alpha value is -2.91. The molecule has 0 saturated carbocycles. The molecule has 2 aromatic carbocycles. The highest BCUT2D eigenvalue weighted by Crippen LogP contribution is 2.35. The second-order valence-corrected chi connectivity index (χ2v) is 9.24. The molecule has 1 N–H and O–H groups in total. The quantitative estimate of drug-likeness (QED) is 0.707. The van der Waals surface area contributed by atoms with Crippen molar-refractivity contribution in [2.24, 2.45) is 0 Å². The smallest absolute Gasteiger partial charge is 0.265 e. The van der Waals surface area contributed by atoms with Crippen LogP contribution >= 0.6 is 0 Å². The molecular weight excluding hydrogens is 418 g/mol. The molecule has 2 aromatic rings. The number of nitrogens with zero attached hydrogens (tertiary/aromatic N) is 2. The number of anilines is 2. The van der Waals surface area contributed by atoms with Gasteiger partial charge in [-0.2, -0.15) is 4.31 Å². The fourth-order valence-corrected chi connectivity index (χ4v) is 5.04. The second-order valence-electron chi connectivity index (χ2n) is 7.30. The zero-order valence-electron chi connectivity index (χ0n) is 18.1. The molecule has 1 heterocycles. The highest BCUT2D eigenvalue weighted by Gasteiger charge is 2.30. The minimum atomic E-state index is -3.72. The van der Waals surface area contributed by atoms with Crippen molar-refractivity contribution in [3.8, 4) is 5.75 Å². The molecule has 0 radical (unpaired) electrons. The van der Waals surface area contributed by atoms with Gasteiger partial charge in [-0.15, -0.1) is 0 Å². The summed E-state index contributed by atoms with van der Waals surface area (Å²) >= 11 is 0. The largest absolute Gasteiger partial charge is 0.482 e. The van der Waals surface area contributed by atoms with Crippen LogP contribution in [0.5, 0.6) is 5.75 Å². The molecule has 1 aliphatic heterocycles. The normalized spacial score (nSPS) is 13.7. The van der Waals surface area contributed by atoms with Crippen LogP contribution in [0.25, 0.3) is 0 Å². The lowest BCUT2D eigenvalue weighted by molar-refractivity contribution is -0.123. The van der Waals surface area contributed by atoms with Crippen molar-refractivity contribution in [2.45, 2.75) is 32.6 Å². The molecule has 0 fully saturated rings. The maximum absolute atomic E-state index is 12.9. The number of carbonyl (C=O) groups excluding carboxylic acids is 2. The van der Waals surface area contributed by atoms with Gasteiger partial charge in [-0.1, -0.05) is 32.0 Å². The van der Waals surface area contributed by atoms with E-state index in [1.807, 2.05) is 32.0 Å². The Morgan fingerprint density at radius 1 is 1.13 bits per heavy atom. The number of ether oxygens (including phenoxy) is 1. The third-order valence-corrected chi connectivity index (χ3v) is 7.31. The van der Waals surface area contributed by atoms with Crippen LogP contribution < -0.4 is 15.0 Å². The van der Waals surface area contributed by atoms with Gasteiger partial charge in [0.1, 0.15) is 12.3 Å². The van der Waals surface area contributed by atoms with E-state index in [4.69, 9.17) is 4.74 Å². The van der Waals surface area contributed by atoms with Crippen molar-refractivity contribution in [3.63, 3.8) is 0 Å². The number of hydrogen-bond donors (Lipinski definition) is 1. The lowest BCUT2D eigenvalue weighted by Crippen LogP contribution is -2.43. The molecule has 0 aromatic heterocycles. The third kappa shape index (κ3) is 4.57. The van der Waals surface area contributed by atoms with Crippen LogP contribution in [0.4, 0.5) is 11.4 Å². The molecule has 9 heteroatoms. The summed E-state index contributed by atoms with van der Waals surface area (Å²) in [6.45, 7) is 7.49. The zero-order valence-corrected chi connectivity index (χ0v) is 19.0. The number of carbonyl (C=O) groups is 2. The first-order valence-electron chi connectivity index (χ1n) is 10.1. The molecule has 8 nitrogen and oxygen atoms in total. The molecule has 0 spiro atoms. The number of fused-ring (bicyclic) bond motifs is 1. The summed E-state index contributed by atoms with van der Waals surface area (Å²) in [6.07, 6.45) is 0. The van der Waals surface area contributed by atoms with Crippen LogP contribution in [0, 0.1) is 13.8 Å².